The highest BCUT2D eigenvalue weighted by Crippen LogP contribution is 2.32. The second-order valence-corrected chi connectivity index (χ2v) is 5.11. The summed E-state index contributed by atoms with van der Waals surface area (Å²) in [4.78, 5) is 9.12. The van der Waals surface area contributed by atoms with E-state index in [0.29, 0.717) is 11.9 Å². The summed E-state index contributed by atoms with van der Waals surface area (Å²) in [7, 11) is 0. The summed E-state index contributed by atoms with van der Waals surface area (Å²) in [6.07, 6.45) is 6.97. The van der Waals surface area contributed by atoms with E-state index in [0.717, 1.165) is 37.2 Å². The Morgan fingerprint density at radius 1 is 1.18 bits per heavy atom. The van der Waals surface area contributed by atoms with Crippen molar-refractivity contribution < 1.29 is 4.74 Å². The molecule has 1 aromatic heterocycles. The number of hydrogen-bond donors (Lipinski definition) is 1. The lowest BCUT2D eigenvalue weighted by Crippen LogP contribution is -2.15. The van der Waals surface area contributed by atoms with Gasteiger partial charge in [-0.05, 0) is 45.4 Å². The van der Waals surface area contributed by atoms with Crippen molar-refractivity contribution in [3.8, 4) is 0 Å². The predicted octanol–water partition coefficient (Wildman–Crippen LogP) is 2.18. The summed E-state index contributed by atoms with van der Waals surface area (Å²) in [5.41, 5.74) is 8.36. The predicted molar refractivity (Wildman–Crippen MR) is 65.6 cm³/mol. The van der Waals surface area contributed by atoms with Crippen LogP contribution in [0.4, 0.5) is 5.82 Å². The van der Waals surface area contributed by atoms with Gasteiger partial charge in [-0.2, -0.15) is 0 Å². The van der Waals surface area contributed by atoms with E-state index in [4.69, 9.17) is 10.5 Å². The standard InChI is InChI=1S/C13H19N3O/c1-8-6-7-11(17-8)13-15-10-5-3-2-4-9(10)12(14)16-13/h8,11H,2-7H2,1H3,(H2,14,15,16). The second-order valence-electron chi connectivity index (χ2n) is 5.11. The molecule has 0 amide bonds. The Morgan fingerprint density at radius 3 is 2.76 bits per heavy atom. The Kier molecular flexibility index (Phi) is 2.74. The molecule has 3 rings (SSSR count). The number of aryl methyl sites for hydroxylation is 1. The fourth-order valence-electron chi connectivity index (χ4n) is 2.78. The average Bonchev–Trinajstić information content (AvgIpc) is 2.76. The highest BCUT2D eigenvalue weighted by molar-refractivity contribution is 5.43. The summed E-state index contributed by atoms with van der Waals surface area (Å²) in [5.74, 6) is 1.47. The van der Waals surface area contributed by atoms with Crippen LogP contribution in [0, 0.1) is 0 Å². The lowest BCUT2D eigenvalue weighted by atomic mass is 9.96. The van der Waals surface area contributed by atoms with Crippen molar-refractivity contribution >= 4 is 5.82 Å². The third-order valence-electron chi connectivity index (χ3n) is 3.75. The van der Waals surface area contributed by atoms with E-state index in [1.54, 1.807) is 0 Å². The molecule has 17 heavy (non-hydrogen) atoms. The number of hydrogen-bond acceptors (Lipinski definition) is 4. The topological polar surface area (TPSA) is 61.0 Å². The van der Waals surface area contributed by atoms with Gasteiger partial charge in [0.25, 0.3) is 0 Å². The third-order valence-corrected chi connectivity index (χ3v) is 3.75. The van der Waals surface area contributed by atoms with Crippen LogP contribution in [-0.2, 0) is 17.6 Å². The highest BCUT2D eigenvalue weighted by Gasteiger charge is 2.27. The molecular formula is C13H19N3O. The molecule has 2 aliphatic rings. The molecule has 1 aliphatic carbocycles. The Morgan fingerprint density at radius 2 is 2.00 bits per heavy atom. The first-order valence-electron chi connectivity index (χ1n) is 6.54. The quantitative estimate of drug-likeness (QED) is 0.807. The van der Waals surface area contributed by atoms with E-state index in [1.807, 2.05) is 0 Å². The molecule has 4 nitrogen and oxygen atoms in total. The van der Waals surface area contributed by atoms with E-state index in [-0.39, 0.29) is 6.10 Å². The molecular weight excluding hydrogens is 214 g/mol. The van der Waals surface area contributed by atoms with Gasteiger partial charge in [-0.25, -0.2) is 9.97 Å². The van der Waals surface area contributed by atoms with Crippen LogP contribution in [0.1, 0.15) is 55.8 Å². The largest absolute Gasteiger partial charge is 0.383 e. The molecule has 1 saturated heterocycles. The van der Waals surface area contributed by atoms with Gasteiger partial charge in [-0.15, -0.1) is 0 Å². The number of rotatable bonds is 1. The molecule has 0 aromatic carbocycles. The van der Waals surface area contributed by atoms with Crippen LogP contribution in [0.5, 0.6) is 0 Å². The van der Waals surface area contributed by atoms with Crippen LogP contribution in [0.3, 0.4) is 0 Å². The van der Waals surface area contributed by atoms with Gasteiger partial charge in [-0.3, -0.25) is 0 Å². The van der Waals surface area contributed by atoms with E-state index < -0.39 is 0 Å². The van der Waals surface area contributed by atoms with Gasteiger partial charge in [0, 0.05) is 11.3 Å². The first-order valence-corrected chi connectivity index (χ1v) is 6.54. The van der Waals surface area contributed by atoms with Crippen LogP contribution in [0.2, 0.25) is 0 Å². The number of nitrogens with zero attached hydrogens (tertiary/aromatic N) is 2. The van der Waals surface area contributed by atoms with Gasteiger partial charge >= 0.3 is 0 Å². The van der Waals surface area contributed by atoms with Crippen LogP contribution in [0.25, 0.3) is 0 Å². The molecule has 4 heteroatoms. The van der Waals surface area contributed by atoms with E-state index >= 15 is 0 Å². The normalized spacial score (nSPS) is 28.1. The van der Waals surface area contributed by atoms with E-state index in [1.165, 1.54) is 18.4 Å². The number of nitrogens with two attached hydrogens (primary N) is 1. The maximum Gasteiger partial charge on any atom is 0.159 e. The van der Waals surface area contributed by atoms with Gasteiger partial charge in [0.05, 0.1) is 6.10 Å². The van der Waals surface area contributed by atoms with Crippen molar-refractivity contribution in [3.63, 3.8) is 0 Å². The van der Waals surface area contributed by atoms with Crippen LogP contribution in [-0.4, -0.2) is 16.1 Å². The zero-order chi connectivity index (χ0) is 11.8. The maximum absolute atomic E-state index is 6.04. The van der Waals surface area contributed by atoms with Crippen LogP contribution >= 0.6 is 0 Å². The van der Waals surface area contributed by atoms with Gasteiger partial charge in [-0.1, -0.05) is 0 Å². The lowest BCUT2D eigenvalue weighted by Gasteiger charge is -2.19. The smallest absolute Gasteiger partial charge is 0.159 e. The molecule has 1 aromatic rings. The molecule has 0 saturated carbocycles. The zero-order valence-corrected chi connectivity index (χ0v) is 10.3. The van der Waals surface area contributed by atoms with Crippen molar-refractivity contribution in [1.29, 1.82) is 0 Å². The van der Waals surface area contributed by atoms with Gasteiger partial charge in [0.2, 0.25) is 0 Å². The van der Waals surface area contributed by atoms with E-state index in [2.05, 4.69) is 16.9 Å². The molecule has 0 radical (unpaired) electrons. The summed E-state index contributed by atoms with van der Waals surface area (Å²) in [5, 5.41) is 0. The fraction of sp³-hybridized carbons (Fsp3) is 0.692. The Labute approximate surface area is 102 Å². The zero-order valence-electron chi connectivity index (χ0n) is 10.3. The monoisotopic (exact) mass is 233 g/mol. The number of aromatic nitrogens is 2. The fourth-order valence-corrected chi connectivity index (χ4v) is 2.78. The van der Waals surface area contributed by atoms with Crippen LogP contribution in [0.15, 0.2) is 0 Å². The van der Waals surface area contributed by atoms with Gasteiger partial charge in [0.1, 0.15) is 11.9 Å². The minimum atomic E-state index is 0.0551. The van der Waals surface area contributed by atoms with Crippen molar-refractivity contribution in [2.45, 2.75) is 57.7 Å². The van der Waals surface area contributed by atoms with Crippen LogP contribution < -0.4 is 5.73 Å². The molecule has 2 N–H and O–H groups in total. The summed E-state index contributed by atoms with van der Waals surface area (Å²) < 4.78 is 5.81. The number of fused-ring (bicyclic) bond motifs is 1. The van der Waals surface area contributed by atoms with E-state index in [9.17, 15) is 0 Å². The number of anilines is 1. The average molecular weight is 233 g/mol. The molecule has 0 spiro atoms. The third kappa shape index (κ3) is 2.02. The number of nitrogen functional groups attached to an aromatic ring is 1. The molecule has 2 unspecified atom stereocenters. The minimum Gasteiger partial charge on any atom is -0.383 e. The molecule has 1 fully saturated rings. The lowest BCUT2D eigenvalue weighted by molar-refractivity contribution is 0.0502. The first-order chi connectivity index (χ1) is 8.24. The summed E-state index contributed by atoms with van der Waals surface area (Å²) in [6, 6.07) is 0. The van der Waals surface area contributed by atoms with Gasteiger partial charge in [0.15, 0.2) is 5.82 Å². The Balaban J connectivity index is 1.93. The van der Waals surface area contributed by atoms with Crippen molar-refractivity contribution in [3.05, 3.63) is 17.1 Å². The minimum absolute atomic E-state index is 0.0551. The molecule has 2 atom stereocenters. The Bertz CT molecular complexity index is 433. The highest BCUT2D eigenvalue weighted by atomic mass is 16.5. The molecule has 0 bridgehead atoms. The molecule has 1 aliphatic heterocycles. The van der Waals surface area contributed by atoms with Crippen molar-refractivity contribution in [2.75, 3.05) is 5.73 Å². The van der Waals surface area contributed by atoms with Crippen molar-refractivity contribution in [1.82, 2.24) is 9.97 Å². The Hall–Kier alpha value is -1.16. The second kappa shape index (κ2) is 4.26. The molecule has 2 heterocycles. The summed E-state index contributed by atoms with van der Waals surface area (Å²) >= 11 is 0. The SMILES string of the molecule is CC1CCC(c2nc(N)c3c(n2)CCCC3)O1. The van der Waals surface area contributed by atoms with Gasteiger partial charge < -0.3 is 10.5 Å². The van der Waals surface area contributed by atoms with Crippen molar-refractivity contribution in [2.24, 2.45) is 0 Å². The first kappa shape index (κ1) is 11.0. The summed E-state index contributed by atoms with van der Waals surface area (Å²) in [6.45, 7) is 2.10. The maximum atomic E-state index is 6.04. The number of ether oxygens (including phenoxy) is 1. The molecule has 92 valence electrons.